The lowest BCUT2D eigenvalue weighted by molar-refractivity contribution is -0.119. The van der Waals surface area contributed by atoms with Gasteiger partial charge in [0, 0.05) is 18.8 Å². The second kappa shape index (κ2) is 5.00. The van der Waals surface area contributed by atoms with Gasteiger partial charge in [-0.3, -0.25) is 4.79 Å². The minimum absolute atomic E-state index is 0.240. The highest BCUT2D eigenvalue weighted by Crippen LogP contribution is 2.35. The molecule has 0 heterocycles. The van der Waals surface area contributed by atoms with Crippen LogP contribution in [0.25, 0.3) is 0 Å². The second-order valence-electron chi connectivity index (χ2n) is 5.27. The van der Waals surface area contributed by atoms with E-state index >= 15 is 0 Å². The fourth-order valence-electron chi connectivity index (χ4n) is 2.95. The standard InChI is InChI=1S/C18H18O/c1-2-13-8-9-15-11-16(19)12-18(17(15)10-13)14-6-4-3-5-7-14/h3-10,18H,2,11-12H2,1H3. The number of Topliss-reactive ketones (excluding diaryl/α,β-unsaturated/α-hetero) is 1. The summed E-state index contributed by atoms with van der Waals surface area (Å²) in [7, 11) is 0. The zero-order valence-corrected chi connectivity index (χ0v) is 11.2. The molecule has 1 unspecified atom stereocenters. The normalized spacial score (nSPS) is 18.2. The highest BCUT2D eigenvalue weighted by atomic mass is 16.1. The monoisotopic (exact) mass is 250 g/mol. The van der Waals surface area contributed by atoms with Gasteiger partial charge in [-0.25, -0.2) is 0 Å². The lowest BCUT2D eigenvalue weighted by Gasteiger charge is -2.25. The first kappa shape index (κ1) is 12.2. The Morgan fingerprint density at radius 1 is 1.11 bits per heavy atom. The topological polar surface area (TPSA) is 17.1 Å². The second-order valence-corrected chi connectivity index (χ2v) is 5.27. The zero-order chi connectivity index (χ0) is 13.2. The van der Waals surface area contributed by atoms with Crippen molar-refractivity contribution in [2.45, 2.75) is 32.1 Å². The Kier molecular flexibility index (Phi) is 3.20. The number of aryl methyl sites for hydroxylation is 1. The molecule has 96 valence electrons. The van der Waals surface area contributed by atoms with Gasteiger partial charge in [0.1, 0.15) is 5.78 Å². The molecule has 1 aliphatic rings. The summed E-state index contributed by atoms with van der Waals surface area (Å²) in [6, 6.07) is 17.0. The molecule has 1 atom stereocenters. The third-order valence-corrected chi connectivity index (χ3v) is 4.02. The van der Waals surface area contributed by atoms with E-state index < -0.39 is 0 Å². The van der Waals surface area contributed by atoms with E-state index in [1.54, 1.807) is 0 Å². The van der Waals surface area contributed by atoms with E-state index in [0.29, 0.717) is 18.6 Å². The maximum absolute atomic E-state index is 12.0. The van der Waals surface area contributed by atoms with Crippen LogP contribution in [-0.2, 0) is 17.6 Å². The molecule has 1 heteroatoms. The summed E-state index contributed by atoms with van der Waals surface area (Å²) in [6.45, 7) is 2.17. The smallest absolute Gasteiger partial charge is 0.138 e. The van der Waals surface area contributed by atoms with Gasteiger partial charge in [0.05, 0.1) is 0 Å². The third-order valence-electron chi connectivity index (χ3n) is 4.02. The minimum atomic E-state index is 0.240. The van der Waals surface area contributed by atoms with Crippen molar-refractivity contribution in [2.75, 3.05) is 0 Å². The molecule has 19 heavy (non-hydrogen) atoms. The molecule has 0 radical (unpaired) electrons. The van der Waals surface area contributed by atoms with Crippen molar-refractivity contribution in [3.63, 3.8) is 0 Å². The molecule has 0 bridgehead atoms. The number of carbonyl (C=O) groups excluding carboxylic acids is 1. The summed E-state index contributed by atoms with van der Waals surface area (Å²) in [5, 5.41) is 0. The quantitative estimate of drug-likeness (QED) is 0.790. The van der Waals surface area contributed by atoms with Gasteiger partial charge in [0.15, 0.2) is 0 Å². The fraction of sp³-hybridized carbons (Fsp3) is 0.278. The Hall–Kier alpha value is -1.89. The van der Waals surface area contributed by atoms with Gasteiger partial charge in [-0.1, -0.05) is 55.5 Å². The van der Waals surface area contributed by atoms with Gasteiger partial charge >= 0.3 is 0 Å². The van der Waals surface area contributed by atoms with Crippen molar-refractivity contribution >= 4 is 5.78 Å². The Morgan fingerprint density at radius 3 is 2.63 bits per heavy atom. The first-order valence-electron chi connectivity index (χ1n) is 6.96. The Balaban J connectivity index is 2.10. The number of ketones is 1. The van der Waals surface area contributed by atoms with Gasteiger partial charge in [-0.2, -0.15) is 0 Å². The number of hydrogen-bond donors (Lipinski definition) is 0. The first-order valence-corrected chi connectivity index (χ1v) is 6.96. The molecular weight excluding hydrogens is 232 g/mol. The summed E-state index contributed by atoms with van der Waals surface area (Å²) in [4.78, 5) is 12.0. The van der Waals surface area contributed by atoms with Crippen LogP contribution in [0, 0.1) is 0 Å². The van der Waals surface area contributed by atoms with E-state index in [1.165, 1.54) is 22.3 Å². The van der Waals surface area contributed by atoms with Gasteiger partial charge in [-0.05, 0) is 28.7 Å². The van der Waals surface area contributed by atoms with Gasteiger partial charge < -0.3 is 0 Å². The van der Waals surface area contributed by atoms with Crippen molar-refractivity contribution in [1.82, 2.24) is 0 Å². The lowest BCUT2D eigenvalue weighted by Crippen LogP contribution is -2.19. The van der Waals surface area contributed by atoms with Crippen LogP contribution in [-0.4, -0.2) is 5.78 Å². The SMILES string of the molecule is CCc1ccc2c(c1)C(c1ccccc1)CC(=O)C2. The number of rotatable bonds is 2. The number of benzene rings is 2. The molecule has 0 saturated carbocycles. The summed E-state index contributed by atoms with van der Waals surface area (Å²) in [5.41, 5.74) is 5.17. The van der Waals surface area contributed by atoms with E-state index in [9.17, 15) is 4.79 Å². The van der Waals surface area contributed by atoms with Crippen LogP contribution < -0.4 is 0 Å². The zero-order valence-electron chi connectivity index (χ0n) is 11.2. The molecule has 2 aromatic carbocycles. The molecule has 0 saturated heterocycles. The van der Waals surface area contributed by atoms with Crippen LogP contribution in [0.1, 0.15) is 41.5 Å². The lowest BCUT2D eigenvalue weighted by atomic mass is 9.77. The maximum atomic E-state index is 12.0. The van der Waals surface area contributed by atoms with Crippen LogP contribution in [0.15, 0.2) is 48.5 Å². The molecule has 1 aliphatic carbocycles. The summed E-state index contributed by atoms with van der Waals surface area (Å²) >= 11 is 0. The average Bonchev–Trinajstić information content (AvgIpc) is 2.47. The van der Waals surface area contributed by atoms with Crippen LogP contribution in [0.3, 0.4) is 0 Å². The van der Waals surface area contributed by atoms with Crippen molar-refractivity contribution in [2.24, 2.45) is 0 Å². The van der Waals surface area contributed by atoms with E-state index in [1.807, 2.05) is 6.07 Å². The summed E-state index contributed by atoms with van der Waals surface area (Å²) in [5.74, 6) is 0.592. The van der Waals surface area contributed by atoms with Gasteiger partial charge in [0.25, 0.3) is 0 Å². The summed E-state index contributed by atoms with van der Waals surface area (Å²) < 4.78 is 0. The third kappa shape index (κ3) is 2.33. The summed E-state index contributed by atoms with van der Waals surface area (Å²) in [6.07, 6.45) is 2.29. The van der Waals surface area contributed by atoms with Gasteiger partial charge in [0.2, 0.25) is 0 Å². The molecule has 0 spiro atoms. The van der Waals surface area contributed by atoms with Crippen molar-refractivity contribution in [3.05, 3.63) is 70.8 Å². The molecule has 0 N–H and O–H groups in total. The maximum Gasteiger partial charge on any atom is 0.138 e. The number of hydrogen-bond acceptors (Lipinski definition) is 1. The van der Waals surface area contributed by atoms with Crippen LogP contribution >= 0.6 is 0 Å². The minimum Gasteiger partial charge on any atom is -0.299 e. The molecule has 0 amide bonds. The molecule has 2 aromatic rings. The molecule has 3 rings (SSSR count). The fourth-order valence-corrected chi connectivity index (χ4v) is 2.95. The highest BCUT2D eigenvalue weighted by Gasteiger charge is 2.26. The Morgan fingerprint density at radius 2 is 1.89 bits per heavy atom. The number of carbonyl (C=O) groups is 1. The predicted octanol–water partition coefficient (Wildman–Crippen LogP) is 3.90. The molecule has 0 aliphatic heterocycles. The molecule has 1 nitrogen and oxygen atoms in total. The Labute approximate surface area is 114 Å². The van der Waals surface area contributed by atoms with Crippen molar-refractivity contribution in [1.29, 1.82) is 0 Å². The number of fused-ring (bicyclic) bond motifs is 1. The molecule has 0 fully saturated rings. The van der Waals surface area contributed by atoms with E-state index in [-0.39, 0.29) is 5.92 Å². The highest BCUT2D eigenvalue weighted by molar-refractivity contribution is 5.85. The molecular formula is C18H18O. The average molecular weight is 250 g/mol. The van der Waals surface area contributed by atoms with E-state index in [4.69, 9.17) is 0 Å². The van der Waals surface area contributed by atoms with Gasteiger partial charge in [-0.15, -0.1) is 0 Å². The van der Waals surface area contributed by atoms with Crippen LogP contribution in [0.2, 0.25) is 0 Å². The van der Waals surface area contributed by atoms with Crippen LogP contribution in [0.4, 0.5) is 0 Å². The van der Waals surface area contributed by atoms with Crippen LogP contribution in [0.5, 0.6) is 0 Å². The van der Waals surface area contributed by atoms with Crippen molar-refractivity contribution < 1.29 is 4.79 Å². The Bertz CT molecular complexity index is 598. The van der Waals surface area contributed by atoms with E-state index in [2.05, 4.69) is 49.4 Å². The van der Waals surface area contributed by atoms with Crippen molar-refractivity contribution in [3.8, 4) is 0 Å². The molecule has 0 aromatic heterocycles. The largest absolute Gasteiger partial charge is 0.299 e. The predicted molar refractivity (Wildman–Crippen MR) is 77.4 cm³/mol. The first-order chi connectivity index (χ1) is 9.28. The van der Waals surface area contributed by atoms with E-state index in [0.717, 1.165) is 6.42 Å².